The van der Waals surface area contributed by atoms with Crippen LogP contribution in [0.5, 0.6) is 0 Å². The van der Waals surface area contributed by atoms with Gasteiger partial charge in [0.1, 0.15) is 6.54 Å². The molecule has 0 bridgehead atoms. The number of tetrazole rings is 1. The number of carbonyl (C=O) groups excluding carboxylic acids is 1. The molecule has 0 aliphatic rings. The van der Waals surface area contributed by atoms with Gasteiger partial charge in [-0.3, -0.25) is 9.78 Å². The summed E-state index contributed by atoms with van der Waals surface area (Å²) in [5, 5.41) is 15.0. The van der Waals surface area contributed by atoms with Crippen molar-refractivity contribution in [2.45, 2.75) is 19.5 Å². The van der Waals surface area contributed by atoms with E-state index in [4.69, 9.17) is 0 Å². The first-order valence-electron chi connectivity index (χ1n) is 7.26. The first-order chi connectivity index (χ1) is 11.2. The SMILES string of the molecule is CC(NC(=O)Cn1nnc(-c2ccccc2)n1)c1ccccn1. The van der Waals surface area contributed by atoms with E-state index in [0.717, 1.165) is 11.3 Å². The van der Waals surface area contributed by atoms with E-state index in [0.29, 0.717) is 5.82 Å². The zero-order valence-corrected chi connectivity index (χ0v) is 12.6. The highest BCUT2D eigenvalue weighted by molar-refractivity contribution is 5.75. The van der Waals surface area contributed by atoms with Gasteiger partial charge in [0.2, 0.25) is 11.7 Å². The van der Waals surface area contributed by atoms with Gasteiger partial charge in [-0.1, -0.05) is 36.4 Å². The molecule has 0 fully saturated rings. The molecule has 23 heavy (non-hydrogen) atoms. The predicted octanol–water partition coefficient (Wildman–Crippen LogP) is 1.61. The van der Waals surface area contributed by atoms with Gasteiger partial charge in [0.15, 0.2) is 0 Å². The Bertz CT molecular complexity index is 772. The summed E-state index contributed by atoms with van der Waals surface area (Å²) in [6.07, 6.45) is 1.70. The Morgan fingerprint density at radius 2 is 1.96 bits per heavy atom. The van der Waals surface area contributed by atoms with Crippen LogP contribution in [0.4, 0.5) is 0 Å². The Balaban J connectivity index is 1.61. The zero-order chi connectivity index (χ0) is 16.1. The fraction of sp³-hybridized carbons (Fsp3) is 0.188. The molecule has 7 nitrogen and oxygen atoms in total. The van der Waals surface area contributed by atoms with E-state index >= 15 is 0 Å². The van der Waals surface area contributed by atoms with Crippen molar-refractivity contribution in [2.75, 3.05) is 0 Å². The van der Waals surface area contributed by atoms with Crippen molar-refractivity contribution in [3.63, 3.8) is 0 Å². The van der Waals surface area contributed by atoms with Gasteiger partial charge < -0.3 is 5.32 Å². The Morgan fingerprint density at radius 3 is 2.70 bits per heavy atom. The van der Waals surface area contributed by atoms with E-state index in [-0.39, 0.29) is 18.5 Å². The molecule has 2 aromatic heterocycles. The highest BCUT2D eigenvalue weighted by Crippen LogP contribution is 2.12. The molecule has 1 unspecified atom stereocenters. The van der Waals surface area contributed by atoms with E-state index in [9.17, 15) is 4.79 Å². The maximum atomic E-state index is 12.1. The summed E-state index contributed by atoms with van der Waals surface area (Å²) < 4.78 is 0. The second kappa shape index (κ2) is 6.78. The maximum absolute atomic E-state index is 12.1. The highest BCUT2D eigenvalue weighted by atomic mass is 16.2. The number of pyridine rings is 1. The van der Waals surface area contributed by atoms with Crippen molar-refractivity contribution < 1.29 is 4.79 Å². The van der Waals surface area contributed by atoms with E-state index in [1.54, 1.807) is 6.20 Å². The summed E-state index contributed by atoms with van der Waals surface area (Å²) in [7, 11) is 0. The second-order valence-corrected chi connectivity index (χ2v) is 5.05. The highest BCUT2D eigenvalue weighted by Gasteiger charge is 2.13. The van der Waals surface area contributed by atoms with Crippen molar-refractivity contribution in [3.05, 3.63) is 60.4 Å². The van der Waals surface area contributed by atoms with Crippen LogP contribution in [0.25, 0.3) is 11.4 Å². The smallest absolute Gasteiger partial charge is 0.244 e. The third-order valence-corrected chi connectivity index (χ3v) is 3.28. The molecule has 0 radical (unpaired) electrons. The molecule has 0 aliphatic heterocycles. The average molecular weight is 308 g/mol. The van der Waals surface area contributed by atoms with E-state index in [1.807, 2.05) is 55.5 Å². The van der Waals surface area contributed by atoms with Crippen LogP contribution in [0.1, 0.15) is 18.7 Å². The van der Waals surface area contributed by atoms with Gasteiger partial charge in [0, 0.05) is 11.8 Å². The molecule has 2 heterocycles. The Kier molecular flexibility index (Phi) is 4.37. The first-order valence-corrected chi connectivity index (χ1v) is 7.26. The van der Waals surface area contributed by atoms with Crippen LogP contribution >= 0.6 is 0 Å². The van der Waals surface area contributed by atoms with Gasteiger partial charge in [-0.05, 0) is 24.3 Å². The molecule has 1 amide bonds. The quantitative estimate of drug-likeness (QED) is 0.774. The molecule has 0 spiro atoms. The van der Waals surface area contributed by atoms with Gasteiger partial charge in [-0.15, -0.1) is 10.2 Å². The van der Waals surface area contributed by atoms with Crippen LogP contribution in [0.3, 0.4) is 0 Å². The van der Waals surface area contributed by atoms with E-state index in [2.05, 4.69) is 25.7 Å². The lowest BCUT2D eigenvalue weighted by atomic mass is 10.2. The van der Waals surface area contributed by atoms with E-state index in [1.165, 1.54) is 4.80 Å². The molecule has 1 atom stereocenters. The minimum Gasteiger partial charge on any atom is -0.346 e. The van der Waals surface area contributed by atoms with Crippen LogP contribution in [0.15, 0.2) is 54.7 Å². The molecule has 116 valence electrons. The minimum absolute atomic E-state index is 0.0109. The first kappa shape index (κ1) is 14.8. The van der Waals surface area contributed by atoms with Crippen LogP contribution in [0.2, 0.25) is 0 Å². The van der Waals surface area contributed by atoms with Crippen molar-refractivity contribution >= 4 is 5.91 Å². The Labute approximate surface area is 133 Å². The fourth-order valence-electron chi connectivity index (χ4n) is 2.13. The lowest BCUT2D eigenvalue weighted by Crippen LogP contribution is -2.31. The summed E-state index contributed by atoms with van der Waals surface area (Å²) >= 11 is 0. The number of carbonyl (C=O) groups is 1. The third kappa shape index (κ3) is 3.76. The second-order valence-electron chi connectivity index (χ2n) is 5.05. The predicted molar refractivity (Wildman–Crippen MR) is 84.0 cm³/mol. The number of nitrogens with one attached hydrogen (secondary N) is 1. The summed E-state index contributed by atoms with van der Waals surface area (Å²) in [4.78, 5) is 17.6. The lowest BCUT2D eigenvalue weighted by Gasteiger charge is -2.12. The number of aromatic nitrogens is 5. The van der Waals surface area contributed by atoms with Crippen LogP contribution in [-0.2, 0) is 11.3 Å². The molecule has 0 aliphatic carbocycles. The molecular formula is C16H16N6O. The molecule has 1 aromatic carbocycles. The molecule has 3 rings (SSSR count). The fourth-order valence-corrected chi connectivity index (χ4v) is 2.13. The van der Waals surface area contributed by atoms with Gasteiger partial charge >= 0.3 is 0 Å². The lowest BCUT2D eigenvalue weighted by molar-refractivity contribution is -0.122. The molecule has 3 aromatic rings. The molecule has 7 heteroatoms. The average Bonchev–Trinajstić information content (AvgIpc) is 3.04. The Morgan fingerprint density at radius 1 is 1.17 bits per heavy atom. The van der Waals surface area contributed by atoms with Crippen molar-refractivity contribution in [3.8, 4) is 11.4 Å². The number of hydrogen-bond acceptors (Lipinski definition) is 5. The summed E-state index contributed by atoms with van der Waals surface area (Å²) in [6.45, 7) is 1.89. The number of amides is 1. The molecule has 1 N–H and O–H groups in total. The number of rotatable bonds is 5. The minimum atomic E-state index is -0.194. The standard InChI is InChI=1S/C16H16N6O/c1-12(14-9-5-6-10-17-14)18-15(23)11-22-20-16(19-21-22)13-7-3-2-4-8-13/h2-10,12H,11H2,1H3,(H,18,23). The van der Waals surface area contributed by atoms with Gasteiger partial charge in [0.05, 0.1) is 11.7 Å². The topological polar surface area (TPSA) is 85.6 Å². The van der Waals surface area contributed by atoms with Crippen molar-refractivity contribution in [2.24, 2.45) is 0 Å². The zero-order valence-electron chi connectivity index (χ0n) is 12.6. The van der Waals surface area contributed by atoms with Gasteiger partial charge in [0.25, 0.3) is 0 Å². The maximum Gasteiger partial charge on any atom is 0.244 e. The largest absolute Gasteiger partial charge is 0.346 e. The normalized spacial score (nSPS) is 11.9. The van der Waals surface area contributed by atoms with E-state index < -0.39 is 0 Å². The van der Waals surface area contributed by atoms with Gasteiger partial charge in [-0.2, -0.15) is 4.80 Å². The monoisotopic (exact) mass is 308 g/mol. The molecule has 0 saturated heterocycles. The molecule has 0 saturated carbocycles. The number of nitrogens with zero attached hydrogens (tertiary/aromatic N) is 5. The number of benzene rings is 1. The van der Waals surface area contributed by atoms with Crippen LogP contribution in [-0.4, -0.2) is 31.1 Å². The van der Waals surface area contributed by atoms with Crippen LogP contribution < -0.4 is 5.32 Å². The van der Waals surface area contributed by atoms with Crippen molar-refractivity contribution in [1.29, 1.82) is 0 Å². The summed E-state index contributed by atoms with van der Waals surface area (Å²) in [5.41, 5.74) is 1.67. The summed E-state index contributed by atoms with van der Waals surface area (Å²) in [5.74, 6) is 0.302. The van der Waals surface area contributed by atoms with Gasteiger partial charge in [-0.25, -0.2) is 0 Å². The summed E-state index contributed by atoms with van der Waals surface area (Å²) in [6, 6.07) is 14.9. The van der Waals surface area contributed by atoms with Crippen molar-refractivity contribution in [1.82, 2.24) is 30.5 Å². The Hall–Kier alpha value is -3.09. The van der Waals surface area contributed by atoms with Crippen LogP contribution in [0, 0.1) is 0 Å². The molecular weight excluding hydrogens is 292 g/mol. The third-order valence-electron chi connectivity index (χ3n) is 3.28. The number of hydrogen-bond donors (Lipinski definition) is 1.